The molecular formula is C16H17ClN2O4. The number of nitrogens with zero attached hydrogens (tertiary/aromatic N) is 1. The molecule has 0 saturated carbocycles. The lowest BCUT2D eigenvalue weighted by atomic mass is 10.1. The largest absolute Gasteiger partial charge is 0.464 e. The molecule has 7 heteroatoms. The molecule has 1 heterocycles. The van der Waals surface area contributed by atoms with Crippen molar-refractivity contribution in [3.8, 4) is 0 Å². The molecule has 2 rings (SSSR count). The Morgan fingerprint density at radius 3 is 2.48 bits per heavy atom. The second kappa shape index (κ2) is 7.28. The molecule has 1 amide bonds. The summed E-state index contributed by atoms with van der Waals surface area (Å²) in [6.07, 6.45) is 0. The molecule has 0 aliphatic heterocycles. The first-order chi connectivity index (χ1) is 10.9. The molecule has 0 bridgehead atoms. The molecule has 0 aliphatic rings. The predicted molar refractivity (Wildman–Crippen MR) is 84.3 cm³/mol. The van der Waals surface area contributed by atoms with E-state index in [0.717, 1.165) is 0 Å². The summed E-state index contributed by atoms with van der Waals surface area (Å²) in [6, 6.07) is 5.63. The lowest BCUT2D eigenvalue weighted by Gasteiger charge is -2.17. The SMILES string of the molecule is CCOC(=O)[C@H](NC(=O)c1oc(C)nc1C)c1ccc(Cl)cc1. The van der Waals surface area contributed by atoms with Crippen LogP contribution in [0.15, 0.2) is 28.7 Å². The van der Waals surface area contributed by atoms with Crippen LogP contribution in [0.4, 0.5) is 0 Å². The fourth-order valence-electron chi connectivity index (χ4n) is 2.10. The van der Waals surface area contributed by atoms with Crippen molar-refractivity contribution in [1.29, 1.82) is 0 Å². The van der Waals surface area contributed by atoms with Crippen molar-refractivity contribution in [2.75, 3.05) is 6.61 Å². The summed E-state index contributed by atoms with van der Waals surface area (Å²) in [5.41, 5.74) is 1.02. The van der Waals surface area contributed by atoms with Crippen LogP contribution in [0, 0.1) is 13.8 Å². The fourth-order valence-corrected chi connectivity index (χ4v) is 2.22. The van der Waals surface area contributed by atoms with E-state index in [1.54, 1.807) is 45.0 Å². The van der Waals surface area contributed by atoms with Gasteiger partial charge in [0.25, 0.3) is 5.91 Å². The Balaban J connectivity index is 2.27. The van der Waals surface area contributed by atoms with Crippen LogP contribution in [0.25, 0.3) is 0 Å². The van der Waals surface area contributed by atoms with Crippen LogP contribution < -0.4 is 5.32 Å². The molecule has 1 atom stereocenters. The Kier molecular flexibility index (Phi) is 5.39. The Hall–Kier alpha value is -2.34. The third-order valence-electron chi connectivity index (χ3n) is 3.11. The quantitative estimate of drug-likeness (QED) is 0.849. The van der Waals surface area contributed by atoms with E-state index in [0.29, 0.717) is 22.2 Å². The maximum Gasteiger partial charge on any atom is 0.333 e. The van der Waals surface area contributed by atoms with Gasteiger partial charge in [0, 0.05) is 11.9 Å². The number of halogens is 1. The minimum Gasteiger partial charge on any atom is -0.464 e. The van der Waals surface area contributed by atoms with Gasteiger partial charge in [-0.05, 0) is 31.5 Å². The molecule has 0 aliphatic carbocycles. The predicted octanol–water partition coefficient (Wildman–Crippen LogP) is 2.98. The summed E-state index contributed by atoms with van der Waals surface area (Å²) in [4.78, 5) is 28.6. The van der Waals surface area contributed by atoms with Gasteiger partial charge in [-0.1, -0.05) is 23.7 Å². The van der Waals surface area contributed by atoms with Crippen LogP contribution >= 0.6 is 11.6 Å². The van der Waals surface area contributed by atoms with Crippen LogP contribution in [0.3, 0.4) is 0 Å². The van der Waals surface area contributed by atoms with Crippen molar-refractivity contribution in [3.63, 3.8) is 0 Å². The minimum atomic E-state index is -0.954. The van der Waals surface area contributed by atoms with E-state index in [-0.39, 0.29) is 12.4 Å². The molecule has 122 valence electrons. The summed E-state index contributed by atoms with van der Waals surface area (Å²) in [5, 5.41) is 3.15. The van der Waals surface area contributed by atoms with E-state index >= 15 is 0 Å². The highest BCUT2D eigenvalue weighted by Gasteiger charge is 2.27. The number of rotatable bonds is 5. The lowest BCUT2D eigenvalue weighted by molar-refractivity contribution is -0.145. The highest BCUT2D eigenvalue weighted by molar-refractivity contribution is 6.30. The summed E-state index contributed by atoms with van der Waals surface area (Å²) >= 11 is 5.86. The van der Waals surface area contributed by atoms with Gasteiger partial charge in [-0.25, -0.2) is 9.78 Å². The average molecular weight is 337 g/mol. The zero-order chi connectivity index (χ0) is 17.0. The number of esters is 1. The van der Waals surface area contributed by atoms with E-state index in [1.165, 1.54) is 0 Å². The lowest BCUT2D eigenvalue weighted by Crippen LogP contribution is -2.35. The minimum absolute atomic E-state index is 0.0748. The molecule has 2 aromatic rings. The second-order valence-corrected chi connectivity index (χ2v) is 5.29. The van der Waals surface area contributed by atoms with Crippen molar-refractivity contribution in [2.45, 2.75) is 26.8 Å². The van der Waals surface area contributed by atoms with Gasteiger partial charge in [-0.3, -0.25) is 4.79 Å². The number of aromatic nitrogens is 1. The van der Waals surface area contributed by atoms with Crippen molar-refractivity contribution in [3.05, 3.63) is 52.2 Å². The van der Waals surface area contributed by atoms with Gasteiger partial charge in [0.15, 0.2) is 11.9 Å². The van der Waals surface area contributed by atoms with Crippen LogP contribution in [-0.4, -0.2) is 23.5 Å². The number of benzene rings is 1. The number of oxazole rings is 1. The number of hydrogen-bond donors (Lipinski definition) is 1. The first-order valence-corrected chi connectivity index (χ1v) is 7.47. The van der Waals surface area contributed by atoms with Crippen molar-refractivity contribution in [1.82, 2.24) is 10.3 Å². The van der Waals surface area contributed by atoms with Gasteiger partial charge in [0.1, 0.15) is 0 Å². The zero-order valence-electron chi connectivity index (χ0n) is 13.1. The number of ether oxygens (including phenoxy) is 1. The normalized spacial score (nSPS) is 11.8. The number of carbonyl (C=O) groups is 2. The number of amides is 1. The molecule has 1 N–H and O–H groups in total. The third-order valence-corrected chi connectivity index (χ3v) is 3.36. The summed E-state index contributed by atoms with van der Waals surface area (Å²) in [6.45, 7) is 5.21. The number of aryl methyl sites for hydroxylation is 2. The smallest absolute Gasteiger partial charge is 0.333 e. The van der Waals surface area contributed by atoms with E-state index in [1.807, 2.05) is 0 Å². The fraction of sp³-hybridized carbons (Fsp3) is 0.312. The van der Waals surface area contributed by atoms with Crippen molar-refractivity contribution >= 4 is 23.5 Å². The Labute approximate surface area is 138 Å². The summed E-state index contributed by atoms with van der Waals surface area (Å²) < 4.78 is 10.3. The Morgan fingerprint density at radius 2 is 1.96 bits per heavy atom. The maximum atomic E-state index is 12.4. The third kappa shape index (κ3) is 4.10. The first-order valence-electron chi connectivity index (χ1n) is 7.09. The van der Waals surface area contributed by atoms with Gasteiger partial charge >= 0.3 is 5.97 Å². The molecule has 1 aromatic carbocycles. The Morgan fingerprint density at radius 1 is 1.30 bits per heavy atom. The summed E-state index contributed by atoms with van der Waals surface area (Å²) in [7, 11) is 0. The van der Waals surface area contributed by atoms with Crippen LogP contribution in [-0.2, 0) is 9.53 Å². The number of nitrogens with one attached hydrogen (secondary N) is 1. The standard InChI is InChI=1S/C16H17ClN2O4/c1-4-22-16(21)13(11-5-7-12(17)8-6-11)19-15(20)14-9(2)18-10(3)23-14/h5-8,13H,4H2,1-3H3,(H,19,20)/t13-/m1/s1. The monoisotopic (exact) mass is 336 g/mol. The molecular weight excluding hydrogens is 320 g/mol. The molecule has 0 fully saturated rings. The highest BCUT2D eigenvalue weighted by atomic mass is 35.5. The van der Waals surface area contributed by atoms with Gasteiger partial charge in [-0.15, -0.1) is 0 Å². The topological polar surface area (TPSA) is 81.4 Å². The van der Waals surface area contributed by atoms with Gasteiger partial charge in [0.2, 0.25) is 5.76 Å². The van der Waals surface area contributed by atoms with Crippen molar-refractivity contribution in [2.24, 2.45) is 0 Å². The second-order valence-electron chi connectivity index (χ2n) is 4.86. The molecule has 23 heavy (non-hydrogen) atoms. The Bertz CT molecular complexity index is 709. The van der Waals surface area contributed by atoms with Gasteiger partial charge in [-0.2, -0.15) is 0 Å². The zero-order valence-corrected chi connectivity index (χ0v) is 13.8. The highest BCUT2D eigenvalue weighted by Crippen LogP contribution is 2.19. The van der Waals surface area contributed by atoms with Gasteiger partial charge in [0.05, 0.1) is 12.3 Å². The summed E-state index contributed by atoms with van der Waals surface area (Å²) in [5.74, 6) is -0.634. The van der Waals surface area contributed by atoms with Crippen LogP contribution in [0.2, 0.25) is 5.02 Å². The number of carbonyl (C=O) groups excluding carboxylic acids is 2. The molecule has 6 nitrogen and oxygen atoms in total. The van der Waals surface area contributed by atoms with Crippen LogP contribution in [0.1, 0.15) is 40.7 Å². The molecule has 0 unspecified atom stereocenters. The molecule has 0 saturated heterocycles. The van der Waals surface area contributed by atoms with E-state index in [2.05, 4.69) is 10.3 Å². The van der Waals surface area contributed by atoms with Gasteiger partial charge < -0.3 is 14.5 Å². The molecule has 0 radical (unpaired) electrons. The van der Waals surface area contributed by atoms with E-state index < -0.39 is 17.9 Å². The maximum absolute atomic E-state index is 12.4. The van der Waals surface area contributed by atoms with Crippen LogP contribution in [0.5, 0.6) is 0 Å². The molecule has 0 spiro atoms. The number of hydrogen-bond acceptors (Lipinski definition) is 5. The van der Waals surface area contributed by atoms with E-state index in [9.17, 15) is 9.59 Å². The first kappa shape index (κ1) is 17.0. The molecule has 1 aromatic heterocycles. The van der Waals surface area contributed by atoms with Crippen molar-refractivity contribution < 1.29 is 18.7 Å². The van der Waals surface area contributed by atoms with E-state index in [4.69, 9.17) is 20.8 Å². The average Bonchev–Trinajstić information content (AvgIpc) is 2.84.